The predicted octanol–water partition coefficient (Wildman–Crippen LogP) is 8.37. The van der Waals surface area contributed by atoms with Crippen molar-refractivity contribution in [2.75, 3.05) is 0 Å². The first-order valence-electron chi connectivity index (χ1n) is 12.2. The van der Waals surface area contributed by atoms with Gasteiger partial charge in [0.05, 0.1) is 22.4 Å². The molecule has 0 saturated carbocycles. The number of para-hydroxylation sites is 1. The predicted molar refractivity (Wildman–Crippen MR) is 149 cm³/mol. The van der Waals surface area contributed by atoms with Crippen molar-refractivity contribution in [3.05, 3.63) is 127 Å². The normalized spacial score (nSPS) is 11.5. The fraction of sp³-hybridized carbons (Fsp3) is 0.0303. The highest BCUT2D eigenvalue weighted by molar-refractivity contribution is 6.10. The lowest BCUT2D eigenvalue weighted by atomic mass is 10.0. The van der Waals surface area contributed by atoms with E-state index < -0.39 is 0 Å². The van der Waals surface area contributed by atoms with E-state index in [1.807, 2.05) is 18.5 Å². The fourth-order valence-electron chi connectivity index (χ4n) is 5.24. The molecule has 0 radical (unpaired) electrons. The van der Waals surface area contributed by atoms with Gasteiger partial charge in [0.2, 0.25) is 0 Å². The van der Waals surface area contributed by atoms with Crippen LogP contribution in [0.15, 0.2) is 122 Å². The zero-order valence-corrected chi connectivity index (χ0v) is 19.9. The molecule has 0 atom stereocenters. The topological polar surface area (TPSA) is 30.7 Å². The Balaban J connectivity index is 1.50. The van der Waals surface area contributed by atoms with Crippen LogP contribution in [0.2, 0.25) is 0 Å². The Bertz CT molecular complexity index is 1910. The van der Waals surface area contributed by atoms with Gasteiger partial charge in [-0.1, -0.05) is 66.7 Å². The van der Waals surface area contributed by atoms with Crippen LogP contribution < -0.4 is 0 Å². The van der Waals surface area contributed by atoms with Crippen LogP contribution in [-0.2, 0) is 0 Å². The molecule has 7 aromatic rings. The fourth-order valence-corrected chi connectivity index (χ4v) is 5.24. The SMILES string of the molecule is Cc1ccnc(-c2cccc(-n3c4ccccc4c4ccc(-c5nccc6ccccc56)cc43)c2)c1. The maximum atomic E-state index is 4.78. The molecule has 3 nitrogen and oxygen atoms in total. The average Bonchev–Trinajstić information content (AvgIpc) is 3.26. The molecular weight excluding hydrogens is 438 g/mol. The number of hydrogen-bond acceptors (Lipinski definition) is 2. The van der Waals surface area contributed by atoms with Crippen molar-refractivity contribution in [2.24, 2.45) is 0 Å². The first-order chi connectivity index (χ1) is 17.8. The van der Waals surface area contributed by atoms with Gasteiger partial charge < -0.3 is 4.57 Å². The lowest BCUT2D eigenvalue weighted by Gasteiger charge is -2.11. The zero-order chi connectivity index (χ0) is 24.1. The molecule has 0 N–H and O–H groups in total. The standard InChI is InChI=1S/C33H23N3/c1-22-15-17-34-30(19-22)24-8-6-9-26(20-24)36-31-12-5-4-11-28(31)29-14-13-25(21-32(29)36)33-27-10-3-2-7-23(27)16-18-35-33/h2-21H,1H3. The van der Waals surface area contributed by atoms with Crippen LogP contribution >= 0.6 is 0 Å². The molecule has 0 saturated heterocycles. The molecule has 36 heavy (non-hydrogen) atoms. The maximum absolute atomic E-state index is 4.78. The second kappa shape index (κ2) is 8.17. The van der Waals surface area contributed by atoms with Gasteiger partial charge in [-0.3, -0.25) is 9.97 Å². The summed E-state index contributed by atoms with van der Waals surface area (Å²) in [4.78, 5) is 9.41. The smallest absolute Gasteiger partial charge is 0.0781 e. The zero-order valence-electron chi connectivity index (χ0n) is 19.9. The van der Waals surface area contributed by atoms with E-state index in [0.717, 1.165) is 39.1 Å². The van der Waals surface area contributed by atoms with E-state index in [0.29, 0.717) is 0 Å². The number of pyridine rings is 2. The van der Waals surface area contributed by atoms with Crippen LogP contribution in [0.3, 0.4) is 0 Å². The summed E-state index contributed by atoms with van der Waals surface area (Å²) in [5.74, 6) is 0. The molecule has 170 valence electrons. The summed E-state index contributed by atoms with van der Waals surface area (Å²) in [6.45, 7) is 2.10. The molecule has 3 heterocycles. The van der Waals surface area contributed by atoms with Crippen molar-refractivity contribution in [3.63, 3.8) is 0 Å². The quantitative estimate of drug-likeness (QED) is 0.265. The Labute approximate surface area is 209 Å². The van der Waals surface area contributed by atoms with Crippen molar-refractivity contribution in [3.8, 4) is 28.2 Å². The van der Waals surface area contributed by atoms with E-state index >= 15 is 0 Å². The van der Waals surface area contributed by atoms with Crippen LogP contribution in [-0.4, -0.2) is 14.5 Å². The molecule has 0 fully saturated rings. The van der Waals surface area contributed by atoms with Crippen molar-refractivity contribution in [1.29, 1.82) is 0 Å². The number of rotatable bonds is 3. The number of aryl methyl sites for hydroxylation is 1. The molecule has 0 aliphatic rings. The summed E-state index contributed by atoms with van der Waals surface area (Å²) in [5.41, 5.74) is 8.87. The van der Waals surface area contributed by atoms with Crippen LogP contribution in [0.1, 0.15) is 5.56 Å². The molecule has 3 heteroatoms. The summed E-state index contributed by atoms with van der Waals surface area (Å²) in [6.07, 6.45) is 3.77. The van der Waals surface area contributed by atoms with Crippen molar-refractivity contribution < 1.29 is 0 Å². The molecule has 0 aliphatic carbocycles. The van der Waals surface area contributed by atoms with Gasteiger partial charge in [-0.05, 0) is 60.3 Å². The second-order valence-electron chi connectivity index (χ2n) is 9.23. The highest BCUT2D eigenvalue weighted by Gasteiger charge is 2.15. The molecule has 0 unspecified atom stereocenters. The summed E-state index contributed by atoms with van der Waals surface area (Å²) in [6, 6.07) is 38.7. The van der Waals surface area contributed by atoms with Gasteiger partial charge in [0, 0.05) is 45.4 Å². The van der Waals surface area contributed by atoms with E-state index in [-0.39, 0.29) is 0 Å². The van der Waals surface area contributed by atoms with E-state index in [4.69, 9.17) is 4.98 Å². The summed E-state index contributed by atoms with van der Waals surface area (Å²) in [7, 11) is 0. The largest absolute Gasteiger partial charge is 0.309 e. The van der Waals surface area contributed by atoms with Gasteiger partial charge in [-0.25, -0.2) is 0 Å². The first-order valence-corrected chi connectivity index (χ1v) is 12.2. The summed E-state index contributed by atoms with van der Waals surface area (Å²) >= 11 is 0. The Morgan fingerprint density at radius 1 is 0.556 bits per heavy atom. The Morgan fingerprint density at radius 3 is 2.28 bits per heavy atom. The highest BCUT2D eigenvalue weighted by atomic mass is 15.0. The summed E-state index contributed by atoms with van der Waals surface area (Å²) < 4.78 is 2.36. The van der Waals surface area contributed by atoms with Crippen LogP contribution in [0.25, 0.3) is 60.8 Å². The van der Waals surface area contributed by atoms with Gasteiger partial charge in [-0.15, -0.1) is 0 Å². The lowest BCUT2D eigenvalue weighted by molar-refractivity contribution is 1.18. The van der Waals surface area contributed by atoms with Crippen LogP contribution in [0.5, 0.6) is 0 Å². The van der Waals surface area contributed by atoms with Gasteiger partial charge in [-0.2, -0.15) is 0 Å². The third-order valence-corrected chi connectivity index (χ3v) is 6.94. The number of benzene rings is 4. The molecule has 3 aromatic heterocycles. The molecule has 0 bridgehead atoms. The Kier molecular flexibility index (Phi) is 4.68. The molecular formula is C33H23N3. The van der Waals surface area contributed by atoms with Gasteiger partial charge in [0.25, 0.3) is 0 Å². The van der Waals surface area contributed by atoms with Crippen molar-refractivity contribution in [1.82, 2.24) is 14.5 Å². The Hall–Kier alpha value is -4.76. The molecule has 7 rings (SSSR count). The molecule has 0 amide bonds. The van der Waals surface area contributed by atoms with Gasteiger partial charge >= 0.3 is 0 Å². The van der Waals surface area contributed by atoms with E-state index in [1.54, 1.807) is 0 Å². The molecule has 0 aliphatic heterocycles. The third-order valence-electron chi connectivity index (χ3n) is 6.94. The third kappa shape index (κ3) is 3.29. The average molecular weight is 462 g/mol. The minimum atomic E-state index is 0.985. The van der Waals surface area contributed by atoms with Crippen molar-refractivity contribution in [2.45, 2.75) is 6.92 Å². The summed E-state index contributed by atoms with van der Waals surface area (Å²) in [5, 5.41) is 4.83. The first kappa shape index (κ1) is 20.6. The monoisotopic (exact) mass is 461 g/mol. The minimum Gasteiger partial charge on any atom is -0.309 e. The number of aromatic nitrogens is 3. The second-order valence-corrected chi connectivity index (χ2v) is 9.23. The van der Waals surface area contributed by atoms with Gasteiger partial charge in [0.15, 0.2) is 0 Å². The number of fused-ring (bicyclic) bond motifs is 4. The highest BCUT2D eigenvalue weighted by Crippen LogP contribution is 2.36. The number of hydrogen-bond donors (Lipinski definition) is 0. The van der Waals surface area contributed by atoms with E-state index in [1.165, 1.54) is 27.2 Å². The van der Waals surface area contributed by atoms with E-state index in [9.17, 15) is 0 Å². The lowest BCUT2D eigenvalue weighted by Crippen LogP contribution is -1.95. The molecule has 0 spiro atoms. The van der Waals surface area contributed by atoms with Crippen LogP contribution in [0.4, 0.5) is 0 Å². The van der Waals surface area contributed by atoms with Crippen LogP contribution in [0, 0.1) is 6.92 Å². The molecule has 4 aromatic carbocycles. The Morgan fingerprint density at radius 2 is 1.36 bits per heavy atom. The van der Waals surface area contributed by atoms with Gasteiger partial charge in [0.1, 0.15) is 0 Å². The maximum Gasteiger partial charge on any atom is 0.0781 e. The minimum absolute atomic E-state index is 0.985. The van der Waals surface area contributed by atoms with Crippen molar-refractivity contribution >= 4 is 32.6 Å². The van der Waals surface area contributed by atoms with E-state index in [2.05, 4.69) is 120 Å². The number of nitrogens with zero attached hydrogens (tertiary/aromatic N) is 3.